The monoisotopic (exact) mass is 855 g/mol. The topological polar surface area (TPSA) is 38.9 Å². The number of hydrogen-bond acceptors (Lipinski definition) is 3. The third-order valence-electron chi connectivity index (χ3n) is 8.79. The van der Waals surface area contributed by atoms with Gasteiger partial charge in [-0.25, -0.2) is 4.39 Å². The zero-order valence-electron chi connectivity index (χ0n) is 30.0. The van der Waals surface area contributed by atoms with Crippen molar-refractivity contribution < 1.29 is 28.9 Å². The molecule has 0 unspecified atom stereocenters. The Morgan fingerprint density at radius 3 is 2.24 bits per heavy atom. The van der Waals surface area contributed by atoms with Crippen LogP contribution >= 0.6 is 0 Å². The van der Waals surface area contributed by atoms with Crippen molar-refractivity contribution in [1.82, 2.24) is 9.97 Å². The zero-order valence-corrected chi connectivity index (χ0v) is 33.4. The summed E-state index contributed by atoms with van der Waals surface area (Å²) < 4.78 is 19.7. The first-order valence-electron chi connectivity index (χ1n) is 16.9. The fourth-order valence-electron chi connectivity index (χ4n) is 6.74. The van der Waals surface area contributed by atoms with Crippen LogP contribution in [0.15, 0.2) is 102 Å². The van der Waals surface area contributed by atoms with E-state index in [0.29, 0.717) is 17.1 Å². The summed E-state index contributed by atoms with van der Waals surface area (Å²) in [6.45, 7) is 18.1. The molecule has 3 heterocycles. The molecule has 0 spiro atoms. The molecule has 50 heavy (non-hydrogen) atoms. The van der Waals surface area contributed by atoms with Crippen LogP contribution in [0.4, 0.5) is 4.39 Å². The maximum atomic E-state index is 13.7. The summed E-state index contributed by atoms with van der Waals surface area (Å²) in [5.74, 6) is 0.354. The summed E-state index contributed by atoms with van der Waals surface area (Å²) in [6.07, 6.45) is 5.06. The van der Waals surface area contributed by atoms with Crippen molar-refractivity contribution in [1.29, 1.82) is 0 Å². The van der Waals surface area contributed by atoms with Gasteiger partial charge in [0.15, 0.2) is 0 Å². The third-order valence-corrected chi connectivity index (χ3v) is 10.9. The van der Waals surface area contributed by atoms with E-state index < -0.39 is 8.07 Å². The molecule has 257 valence electrons. The molecule has 0 N–H and O–H groups in total. The summed E-state index contributed by atoms with van der Waals surface area (Å²) in [5, 5.41) is 3.31. The summed E-state index contributed by atoms with van der Waals surface area (Å²) in [6, 6.07) is 33.8. The Kier molecular flexibility index (Phi) is 11.4. The van der Waals surface area contributed by atoms with Gasteiger partial charge in [-0.3, -0.25) is 0 Å². The van der Waals surface area contributed by atoms with Gasteiger partial charge in [-0.05, 0) is 90.1 Å². The van der Waals surface area contributed by atoms with E-state index in [1.807, 2.05) is 42.6 Å². The molecule has 0 saturated heterocycles. The molecule has 7 rings (SSSR count). The van der Waals surface area contributed by atoms with E-state index in [1.165, 1.54) is 45.1 Å². The average molecular weight is 855 g/mol. The predicted octanol–water partition coefficient (Wildman–Crippen LogP) is 11.5. The van der Waals surface area contributed by atoms with Gasteiger partial charge in [0.2, 0.25) is 0 Å². The first-order valence-corrected chi connectivity index (χ1v) is 20.4. The van der Waals surface area contributed by atoms with E-state index in [4.69, 9.17) is 4.42 Å². The molecule has 0 atom stereocenters. The fraction of sp³-hybridized carbons (Fsp3) is 0.227. The van der Waals surface area contributed by atoms with Crippen LogP contribution in [0.25, 0.3) is 55.6 Å². The van der Waals surface area contributed by atoms with E-state index in [-0.39, 0.29) is 25.9 Å². The molecule has 3 aromatic heterocycles. The van der Waals surface area contributed by atoms with Crippen LogP contribution < -0.4 is 5.19 Å². The number of pyridine rings is 2. The van der Waals surface area contributed by atoms with E-state index in [1.54, 1.807) is 6.07 Å². The van der Waals surface area contributed by atoms with Gasteiger partial charge in [-0.15, -0.1) is 54.1 Å². The minimum atomic E-state index is -1.34. The van der Waals surface area contributed by atoms with Crippen LogP contribution in [0.1, 0.15) is 36.1 Å². The first-order chi connectivity index (χ1) is 23.4. The maximum absolute atomic E-state index is 13.7. The van der Waals surface area contributed by atoms with Gasteiger partial charge in [0.1, 0.15) is 11.4 Å². The molecule has 0 saturated carbocycles. The zero-order chi connectivity index (χ0) is 34.9. The van der Waals surface area contributed by atoms with Crippen LogP contribution in [0.5, 0.6) is 0 Å². The van der Waals surface area contributed by atoms with Crippen LogP contribution in [0.3, 0.4) is 0 Å². The number of hydrogen-bond donors (Lipinski definition) is 0. The Bertz CT molecular complexity index is 2250. The van der Waals surface area contributed by atoms with E-state index in [2.05, 4.69) is 113 Å². The minimum absolute atomic E-state index is 0. The second-order valence-corrected chi connectivity index (χ2v) is 19.4. The SMILES string of the molecule is CC(C)Cc1cc(-c2[c-]cccc2)ncc1[Si](C)(C)C.Cc1cc(C)c(-c2ccnc(-c3[c-]ccc4c3oc3cc(F)ccc34)c2)c(C)c1.[Ir]. The average Bonchev–Trinajstić information content (AvgIpc) is 3.42. The molecule has 4 aromatic carbocycles. The maximum Gasteiger partial charge on any atom is 0.126 e. The fourth-order valence-corrected chi connectivity index (χ4v) is 8.33. The van der Waals surface area contributed by atoms with Gasteiger partial charge in [0.05, 0.1) is 13.7 Å². The molecule has 0 aliphatic heterocycles. The molecule has 0 bridgehead atoms. The number of rotatable bonds is 6. The molecule has 0 fully saturated rings. The number of nitrogens with zero attached hydrogens (tertiary/aromatic N) is 2. The van der Waals surface area contributed by atoms with Crippen molar-refractivity contribution in [3.8, 4) is 33.6 Å². The van der Waals surface area contributed by atoms with Crippen LogP contribution in [-0.2, 0) is 26.5 Å². The minimum Gasteiger partial charge on any atom is -0.500 e. The summed E-state index contributed by atoms with van der Waals surface area (Å²) in [5.41, 5.74) is 12.4. The van der Waals surface area contributed by atoms with Crippen molar-refractivity contribution in [2.24, 2.45) is 5.92 Å². The summed E-state index contributed by atoms with van der Waals surface area (Å²) in [7, 11) is -1.34. The van der Waals surface area contributed by atoms with Gasteiger partial charge in [-0.1, -0.05) is 79.8 Å². The van der Waals surface area contributed by atoms with Gasteiger partial charge in [-0.2, -0.15) is 0 Å². The Labute approximate surface area is 310 Å². The second kappa shape index (κ2) is 15.3. The van der Waals surface area contributed by atoms with Crippen LogP contribution in [0.2, 0.25) is 19.6 Å². The molecular formula is C44H43FIrN2OSi-2. The Hall–Kier alpha value is -4.22. The van der Waals surface area contributed by atoms with Gasteiger partial charge < -0.3 is 14.4 Å². The van der Waals surface area contributed by atoms with Crippen LogP contribution in [-0.4, -0.2) is 18.0 Å². The molecular weight excluding hydrogens is 812 g/mol. The van der Waals surface area contributed by atoms with Crippen molar-refractivity contribution in [2.45, 2.75) is 60.7 Å². The van der Waals surface area contributed by atoms with Gasteiger partial charge in [0.25, 0.3) is 0 Å². The van der Waals surface area contributed by atoms with Gasteiger partial charge in [0, 0.05) is 44.0 Å². The molecule has 0 aliphatic carbocycles. The predicted molar refractivity (Wildman–Crippen MR) is 205 cm³/mol. The van der Waals surface area contributed by atoms with Crippen molar-refractivity contribution in [3.63, 3.8) is 0 Å². The van der Waals surface area contributed by atoms with Crippen molar-refractivity contribution in [2.75, 3.05) is 0 Å². The van der Waals surface area contributed by atoms with Gasteiger partial charge >= 0.3 is 0 Å². The number of aromatic nitrogens is 2. The number of halogens is 1. The summed E-state index contributed by atoms with van der Waals surface area (Å²) >= 11 is 0. The molecule has 0 amide bonds. The number of fused-ring (bicyclic) bond motifs is 3. The van der Waals surface area contributed by atoms with E-state index in [9.17, 15) is 4.39 Å². The van der Waals surface area contributed by atoms with Crippen LogP contribution in [0, 0.1) is 44.6 Å². The summed E-state index contributed by atoms with van der Waals surface area (Å²) in [4.78, 5) is 9.27. The Morgan fingerprint density at radius 1 is 0.800 bits per heavy atom. The quantitative estimate of drug-likeness (QED) is 0.124. The molecule has 1 radical (unpaired) electrons. The third kappa shape index (κ3) is 8.05. The molecule has 0 aliphatic rings. The smallest absolute Gasteiger partial charge is 0.126 e. The van der Waals surface area contributed by atoms with Crippen molar-refractivity contribution >= 4 is 35.2 Å². The van der Waals surface area contributed by atoms with E-state index >= 15 is 0 Å². The standard InChI is InChI=1S/C26H19FNO.C18H24NSi.Ir/c1-15-11-16(2)25(17(3)12-15)18-9-10-28-23(13-18)22-6-4-5-21-20-8-7-19(27)14-24(20)29-26(21)22;1-14(2)11-16-12-17(15-9-7-6-8-10-15)19-13-18(16)20(3,4)5;/h4-5,7-14H,1-3H3;6-9,12-14H,11H2,1-5H3;/q2*-1;. The Morgan fingerprint density at radius 2 is 1.56 bits per heavy atom. The van der Waals surface area contributed by atoms with Crippen molar-refractivity contribution in [3.05, 3.63) is 138 Å². The number of furan rings is 1. The molecule has 6 heteroatoms. The largest absolute Gasteiger partial charge is 0.500 e. The Balaban J connectivity index is 0.000000204. The normalized spacial score (nSPS) is 11.4. The number of aryl methyl sites for hydroxylation is 3. The molecule has 7 aromatic rings. The van der Waals surface area contributed by atoms with E-state index in [0.717, 1.165) is 45.3 Å². The first kappa shape index (κ1) is 37.0. The second-order valence-electron chi connectivity index (χ2n) is 14.4. The molecule has 3 nitrogen and oxygen atoms in total. The number of benzene rings is 4.